The van der Waals surface area contributed by atoms with Crippen LogP contribution in [-0.2, 0) is 14.3 Å². The largest absolute Gasteiger partial charge is 0.465 e. The van der Waals surface area contributed by atoms with E-state index in [0.717, 1.165) is 11.3 Å². The number of aryl methyl sites for hydroxylation is 1. The van der Waals surface area contributed by atoms with Gasteiger partial charge in [0.1, 0.15) is 0 Å². The summed E-state index contributed by atoms with van der Waals surface area (Å²) in [7, 11) is 1.31. The highest BCUT2D eigenvalue weighted by Crippen LogP contribution is 2.13. The summed E-state index contributed by atoms with van der Waals surface area (Å²) in [6.07, 6.45) is 0. The number of methoxy groups -OCH3 is 1. The lowest BCUT2D eigenvalue weighted by Gasteiger charge is -2.07. The van der Waals surface area contributed by atoms with Gasteiger partial charge in [0, 0.05) is 11.4 Å². The molecule has 2 amide bonds. The average molecular weight is 372 g/mol. The number of anilines is 2. The summed E-state index contributed by atoms with van der Waals surface area (Å²) in [4.78, 5) is 35.2. The first-order chi connectivity index (χ1) is 12.5. The van der Waals surface area contributed by atoms with Gasteiger partial charge in [0.15, 0.2) is 0 Å². The van der Waals surface area contributed by atoms with Crippen molar-refractivity contribution in [1.82, 2.24) is 0 Å². The van der Waals surface area contributed by atoms with Crippen molar-refractivity contribution in [3.05, 3.63) is 59.7 Å². The highest BCUT2D eigenvalue weighted by Gasteiger charge is 2.08. The number of hydrogen-bond donors (Lipinski definition) is 2. The van der Waals surface area contributed by atoms with Crippen LogP contribution in [-0.4, -0.2) is 36.4 Å². The molecule has 0 saturated carbocycles. The fourth-order valence-corrected chi connectivity index (χ4v) is 2.78. The smallest absolute Gasteiger partial charge is 0.337 e. The van der Waals surface area contributed by atoms with Gasteiger partial charge in [-0.25, -0.2) is 4.79 Å². The van der Waals surface area contributed by atoms with E-state index in [1.807, 2.05) is 31.2 Å². The van der Waals surface area contributed by atoms with Crippen molar-refractivity contribution in [2.75, 3.05) is 29.2 Å². The van der Waals surface area contributed by atoms with Crippen LogP contribution in [0.1, 0.15) is 15.9 Å². The minimum Gasteiger partial charge on any atom is -0.465 e. The van der Waals surface area contributed by atoms with Crippen molar-refractivity contribution in [1.29, 1.82) is 0 Å². The number of benzene rings is 2. The molecule has 0 fully saturated rings. The molecule has 0 aliphatic carbocycles. The fraction of sp³-hybridized carbons (Fsp3) is 0.211. The summed E-state index contributed by atoms with van der Waals surface area (Å²) in [6.45, 7) is 1.95. The molecule has 0 saturated heterocycles. The Balaban J connectivity index is 1.73. The molecule has 2 N–H and O–H groups in total. The Labute approximate surface area is 156 Å². The van der Waals surface area contributed by atoms with Gasteiger partial charge in [0.2, 0.25) is 11.8 Å². The second-order valence-electron chi connectivity index (χ2n) is 5.53. The van der Waals surface area contributed by atoms with E-state index >= 15 is 0 Å². The van der Waals surface area contributed by atoms with Crippen molar-refractivity contribution < 1.29 is 19.1 Å². The molecular formula is C19H20N2O4S. The number of esters is 1. The van der Waals surface area contributed by atoms with Crippen molar-refractivity contribution >= 4 is 40.9 Å². The van der Waals surface area contributed by atoms with Gasteiger partial charge in [-0.1, -0.05) is 12.1 Å². The monoisotopic (exact) mass is 372 g/mol. The normalized spacial score (nSPS) is 10.1. The van der Waals surface area contributed by atoms with Crippen LogP contribution in [0.5, 0.6) is 0 Å². The number of ether oxygens (including phenoxy) is 1. The number of nitrogens with one attached hydrogen (secondary N) is 2. The van der Waals surface area contributed by atoms with Crippen LogP contribution in [0.4, 0.5) is 11.4 Å². The van der Waals surface area contributed by atoms with E-state index in [2.05, 4.69) is 15.4 Å². The summed E-state index contributed by atoms with van der Waals surface area (Å²) in [5.41, 5.74) is 2.79. The number of hydrogen-bond acceptors (Lipinski definition) is 5. The predicted molar refractivity (Wildman–Crippen MR) is 104 cm³/mol. The number of carbonyl (C=O) groups is 3. The maximum Gasteiger partial charge on any atom is 0.337 e. The standard InChI is InChI=1S/C19H20N2O4S/c1-13-4-3-5-16(10-13)21-18(23)12-26-11-17(22)20-15-8-6-14(7-9-15)19(24)25-2/h3-10H,11-12H2,1-2H3,(H,20,22)(H,21,23). The first kappa shape index (κ1) is 19.5. The maximum absolute atomic E-state index is 11.9. The van der Waals surface area contributed by atoms with E-state index in [1.54, 1.807) is 24.3 Å². The molecular weight excluding hydrogens is 352 g/mol. The Morgan fingerprint density at radius 3 is 2.12 bits per heavy atom. The van der Waals surface area contributed by atoms with Gasteiger partial charge in [0.05, 0.1) is 24.2 Å². The minimum atomic E-state index is -0.432. The molecule has 0 aliphatic rings. The topological polar surface area (TPSA) is 84.5 Å². The maximum atomic E-state index is 11.9. The molecule has 0 aromatic heterocycles. The first-order valence-corrected chi connectivity index (χ1v) is 9.06. The van der Waals surface area contributed by atoms with Crippen LogP contribution < -0.4 is 10.6 Å². The predicted octanol–water partition coefficient (Wildman–Crippen LogP) is 3.09. The van der Waals surface area contributed by atoms with E-state index in [4.69, 9.17) is 0 Å². The van der Waals surface area contributed by atoms with Gasteiger partial charge in [-0.05, 0) is 48.9 Å². The van der Waals surface area contributed by atoms with Crippen LogP contribution in [0, 0.1) is 6.92 Å². The molecule has 0 heterocycles. The van der Waals surface area contributed by atoms with Gasteiger partial charge in [0.25, 0.3) is 0 Å². The van der Waals surface area contributed by atoms with Gasteiger partial charge >= 0.3 is 5.97 Å². The van der Waals surface area contributed by atoms with Crippen molar-refractivity contribution in [3.63, 3.8) is 0 Å². The number of rotatable bonds is 7. The molecule has 2 rings (SSSR count). The van der Waals surface area contributed by atoms with E-state index in [9.17, 15) is 14.4 Å². The number of thioether (sulfide) groups is 1. The molecule has 2 aromatic rings. The Morgan fingerprint density at radius 1 is 0.923 bits per heavy atom. The Hall–Kier alpha value is -2.80. The lowest BCUT2D eigenvalue weighted by Crippen LogP contribution is -2.18. The zero-order valence-corrected chi connectivity index (χ0v) is 15.4. The van der Waals surface area contributed by atoms with Gasteiger partial charge in [-0.2, -0.15) is 0 Å². The molecule has 26 heavy (non-hydrogen) atoms. The molecule has 136 valence electrons. The molecule has 0 unspecified atom stereocenters. The first-order valence-electron chi connectivity index (χ1n) is 7.90. The van der Waals surface area contributed by atoms with Crippen LogP contribution >= 0.6 is 11.8 Å². The van der Waals surface area contributed by atoms with Crippen LogP contribution in [0.2, 0.25) is 0 Å². The lowest BCUT2D eigenvalue weighted by molar-refractivity contribution is -0.114. The third kappa shape index (κ3) is 6.25. The summed E-state index contributed by atoms with van der Waals surface area (Å²) in [6, 6.07) is 13.9. The molecule has 0 bridgehead atoms. The molecule has 0 atom stereocenters. The van der Waals surface area contributed by atoms with Gasteiger partial charge in [-0.3, -0.25) is 9.59 Å². The van der Waals surface area contributed by atoms with Crippen molar-refractivity contribution in [3.8, 4) is 0 Å². The lowest BCUT2D eigenvalue weighted by atomic mass is 10.2. The van der Waals surface area contributed by atoms with Crippen molar-refractivity contribution in [2.45, 2.75) is 6.92 Å². The van der Waals surface area contributed by atoms with E-state index in [-0.39, 0.29) is 23.3 Å². The third-order valence-corrected chi connectivity index (χ3v) is 4.29. The van der Waals surface area contributed by atoms with Crippen LogP contribution in [0.25, 0.3) is 0 Å². The summed E-state index contributed by atoms with van der Waals surface area (Å²) in [5, 5.41) is 5.51. The Kier molecular flexibility index (Phi) is 7.23. The zero-order valence-electron chi connectivity index (χ0n) is 14.6. The second kappa shape index (κ2) is 9.62. The fourth-order valence-electron chi connectivity index (χ4n) is 2.16. The molecule has 0 spiro atoms. The SMILES string of the molecule is COC(=O)c1ccc(NC(=O)CSCC(=O)Nc2cccc(C)c2)cc1. The zero-order chi connectivity index (χ0) is 18.9. The summed E-state index contributed by atoms with van der Waals surface area (Å²) >= 11 is 1.23. The van der Waals surface area contributed by atoms with E-state index < -0.39 is 5.97 Å². The van der Waals surface area contributed by atoms with Crippen LogP contribution in [0.15, 0.2) is 48.5 Å². The number of amides is 2. The van der Waals surface area contributed by atoms with E-state index in [1.165, 1.54) is 18.9 Å². The molecule has 0 radical (unpaired) electrons. The summed E-state index contributed by atoms with van der Waals surface area (Å²) < 4.78 is 4.61. The van der Waals surface area contributed by atoms with Crippen LogP contribution in [0.3, 0.4) is 0 Å². The highest BCUT2D eigenvalue weighted by atomic mass is 32.2. The second-order valence-corrected chi connectivity index (χ2v) is 6.51. The quantitative estimate of drug-likeness (QED) is 0.730. The molecule has 2 aromatic carbocycles. The van der Waals surface area contributed by atoms with Gasteiger partial charge in [-0.15, -0.1) is 11.8 Å². The van der Waals surface area contributed by atoms with Crippen molar-refractivity contribution in [2.24, 2.45) is 0 Å². The van der Waals surface area contributed by atoms with Gasteiger partial charge < -0.3 is 15.4 Å². The molecule has 0 aliphatic heterocycles. The highest BCUT2D eigenvalue weighted by molar-refractivity contribution is 8.00. The Morgan fingerprint density at radius 2 is 1.54 bits per heavy atom. The third-order valence-electron chi connectivity index (χ3n) is 3.36. The van der Waals surface area contributed by atoms with E-state index in [0.29, 0.717) is 11.3 Å². The molecule has 7 heteroatoms. The number of carbonyl (C=O) groups excluding carboxylic acids is 3. The summed E-state index contributed by atoms with van der Waals surface area (Å²) in [5.74, 6) is -0.471. The molecule has 6 nitrogen and oxygen atoms in total. The minimum absolute atomic E-state index is 0.153. The average Bonchev–Trinajstić information content (AvgIpc) is 2.61. The Bertz CT molecular complexity index is 790.